The van der Waals surface area contributed by atoms with E-state index in [0.717, 1.165) is 38.7 Å². The van der Waals surface area contributed by atoms with Crippen molar-refractivity contribution in [2.24, 2.45) is 0 Å². The second kappa shape index (κ2) is 6.93. The van der Waals surface area contributed by atoms with Gasteiger partial charge >= 0.3 is 0 Å². The fraction of sp³-hybridized carbons (Fsp3) is 0. The SMILES string of the molecule is O=C1NC(=O)/C(=C/c2cn(-c3ccccc3)nc2-c2ccc(Br)cc2)S1. The summed E-state index contributed by atoms with van der Waals surface area (Å²) in [4.78, 5) is 23.7. The number of carbonyl (C=O) groups is 2. The largest absolute Gasteiger partial charge is 0.290 e. The Kier molecular flexibility index (Phi) is 4.48. The van der Waals surface area contributed by atoms with Crippen LogP contribution in [-0.4, -0.2) is 20.9 Å². The minimum Gasteiger partial charge on any atom is -0.282 e. The van der Waals surface area contributed by atoms with Crippen molar-refractivity contribution in [3.8, 4) is 16.9 Å². The lowest BCUT2D eigenvalue weighted by atomic mass is 10.1. The maximum Gasteiger partial charge on any atom is 0.290 e. The average Bonchev–Trinajstić information content (AvgIpc) is 3.20. The van der Waals surface area contributed by atoms with Crippen LogP contribution in [-0.2, 0) is 4.79 Å². The van der Waals surface area contributed by atoms with Crippen molar-refractivity contribution in [1.82, 2.24) is 15.1 Å². The molecule has 3 aromatic rings. The molecule has 1 N–H and O–H groups in total. The Hall–Kier alpha value is -2.64. The summed E-state index contributed by atoms with van der Waals surface area (Å²) in [5.41, 5.74) is 3.34. The molecule has 0 saturated carbocycles. The van der Waals surface area contributed by atoms with Crippen LogP contribution in [0.2, 0.25) is 0 Å². The van der Waals surface area contributed by atoms with E-state index in [1.807, 2.05) is 60.8 Å². The van der Waals surface area contributed by atoms with E-state index in [4.69, 9.17) is 5.10 Å². The number of amides is 2. The van der Waals surface area contributed by atoms with Gasteiger partial charge in [-0.3, -0.25) is 14.9 Å². The number of hydrogen-bond acceptors (Lipinski definition) is 4. The Bertz CT molecular complexity index is 1030. The molecule has 1 saturated heterocycles. The second-order valence-corrected chi connectivity index (χ2v) is 7.50. The Morgan fingerprint density at radius 1 is 1.04 bits per heavy atom. The summed E-state index contributed by atoms with van der Waals surface area (Å²) in [7, 11) is 0. The van der Waals surface area contributed by atoms with Gasteiger partial charge in [0.05, 0.1) is 16.3 Å². The molecule has 0 aliphatic carbocycles. The van der Waals surface area contributed by atoms with Crippen LogP contribution in [0.1, 0.15) is 5.56 Å². The first-order valence-corrected chi connectivity index (χ1v) is 9.37. The lowest BCUT2D eigenvalue weighted by molar-refractivity contribution is -0.115. The van der Waals surface area contributed by atoms with Gasteiger partial charge in [0, 0.05) is 21.8 Å². The summed E-state index contributed by atoms with van der Waals surface area (Å²) in [6, 6.07) is 17.5. The van der Waals surface area contributed by atoms with Crippen molar-refractivity contribution >= 4 is 44.9 Å². The number of rotatable bonds is 3. The van der Waals surface area contributed by atoms with E-state index in [1.165, 1.54) is 0 Å². The molecule has 7 heteroatoms. The standard InChI is InChI=1S/C19H12BrN3O2S/c20-14-8-6-12(7-9-14)17-13(10-16-18(24)21-19(25)26-16)11-23(22-17)15-4-2-1-3-5-15/h1-11H,(H,21,24,25)/b16-10-. The van der Waals surface area contributed by atoms with Crippen LogP contribution in [0.4, 0.5) is 4.79 Å². The van der Waals surface area contributed by atoms with E-state index < -0.39 is 0 Å². The number of nitrogens with zero attached hydrogens (tertiary/aromatic N) is 2. The van der Waals surface area contributed by atoms with Crippen molar-refractivity contribution in [1.29, 1.82) is 0 Å². The molecule has 0 spiro atoms. The summed E-state index contributed by atoms with van der Waals surface area (Å²) in [5.74, 6) is -0.380. The molecular formula is C19H12BrN3O2S. The molecule has 1 fully saturated rings. The van der Waals surface area contributed by atoms with Gasteiger partial charge < -0.3 is 0 Å². The van der Waals surface area contributed by atoms with Gasteiger partial charge in [0.15, 0.2) is 0 Å². The van der Waals surface area contributed by atoms with Gasteiger partial charge in [0.1, 0.15) is 0 Å². The summed E-state index contributed by atoms with van der Waals surface area (Å²) in [6.07, 6.45) is 3.56. The van der Waals surface area contributed by atoms with Crippen molar-refractivity contribution in [2.75, 3.05) is 0 Å². The van der Waals surface area contributed by atoms with E-state index in [0.29, 0.717) is 4.91 Å². The van der Waals surface area contributed by atoms with Gasteiger partial charge in [-0.15, -0.1) is 0 Å². The monoisotopic (exact) mass is 425 g/mol. The Balaban J connectivity index is 1.84. The summed E-state index contributed by atoms with van der Waals surface area (Å²) in [6.45, 7) is 0. The van der Waals surface area contributed by atoms with Crippen LogP contribution in [0.5, 0.6) is 0 Å². The first kappa shape index (κ1) is 16.8. The van der Waals surface area contributed by atoms with Crippen LogP contribution < -0.4 is 5.32 Å². The zero-order chi connectivity index (χ0) is 18.1. The van der Waals surface area contributed by atoms with Crippen LogP contribution >= 0.6 is 27.7 Å². The zero-order valence-electron chi connectivity index (χ0n) is 13.3. The molecule has 0 unspecified atom stereocenters. The average molecular weight is 426 g/mol. The first-order chi connectivity index (χ1) is 12.6. The maximum absolute atomic E-state index is 11.9. The van der Waals surface area contributed by atoms with Crippen LogP contribution in [0.25, 0.3) is 23.0 Å². The third-order valence-corrected chi connectivity index (χ3v) is 5.15. The van der Waals surface area contributed by atoms with Gasteiger partial charge in [-0.1, -0.05) is 46.3 Å². The Morgan fingerprint density at radius 2 is 1.77 bits per heavy atom. The van der Waals surface area contributed by atoms with E-state index in [9.17, 15) is 9.59 Å². The number of carbonyl (C=O) groups excluding carboxylic acids is 2. The molecule has 1 aliphatic rings. The molecule has 26 heavy (non-hydrogen) atoms. The lowest BCUT2D eigenvalue weighted by Gasteiger charge is -2.01. The molecular weight excluding hydrogens is 414 g/mol. The third-order valence-electron chi connectivity index (χ3n) is 3.81. The van der Waals surface area contributed by atoms with Gasteiger partial charge in [0.2, 0.25) is 0 Å². The van der Waals surface area contributed by atoms with Gasteiger partial charge in [-0.25, -0.2) is 4.68 Å². The molecule has 2 aromatic carbocycles. The van der Waals surface area contributed by atoms with Crippen LogP contribution in [0.15, 0.2) is 70.2 Å². The highest BCUT2D eigenvalue weighted by Gasteiger charge is 2.26. The van der Waals surface area contributed by atoms with Crippen molar-refractivity contribution < 1.29 is 9.59 Å². The van der Waals surface area contributed by atoms with Crippen molar-refractivity contribution in [3.63, 3.8) is 0 Å². The molecule has 1 aliphatic heterocycles. The van der Waals surface area contributed by atoms with E-state index in [1.54, 1.807) is 10.8 Å². The van der Waals surface area contributed by atoms with E-state index in [-0.39, 0.29) is 11.1 Å². The van der Waals surface area contributed by atoms with Crippen LogP contribution in [0.3, 0.4) is 0 Å². The molecule has 2 heterocycles. The number of thioether (sulfide) groups is 1. The highest BCUT2D eigenvalue weighted by Crippen LogP contribution is 2.31. The van der Waals surface area contributed by atoms with Gasteiger partial charge in [0.25, 0.3) is 11.1 Å². The maximum atomic E-state index is 11.9. The Morgan fingerprint density at radius 3 is 2.42 bits per heavy atom. The minimum absolute atomic E-state index is 0.359. The van der Waals surface area contributed by atoms with Gasteiger partial charge in [-0.05, 0) is 42.1 Å². The molecule has 2 amide bonds. The smallest absolute Gasteiger partial charge is 0.282 e. The number of imide groups is 1. The molecule has 5 nitrogen and oxygen atoms in total. The number of hydrogen-bond donors (Lipinski definition) is 1. The molecule has 0 atom stereocenters. The number of aromatic nitrogens is 2. The van der Waals surface area contributed by atoms with Gasteiger partial charge in [-0.2, -0.15) is 5.10 Å². The summed E-state index contributed by atoms with van der Waals surface area (Å²) >= 11 is 4.33. The highest BCUT2D eigenvalue weighted by atomic mass is 79.9. The number of halogens is 1. The normalized spacial score (nSPS) is 15.5. The highest BCUT2D eigenvalue weighted by molar-refractivity contribution is 9.10. The Labute approximate surface area is 162 Å². The van der Waals surface area contributed by atoms with E-state index in [2.05, 4.69) is 21.2 Å². The predicted octanol–water partition coefficient (Wildman–Crippen LogP) is 4.63. The first-order valence-electron chi connectivity index (χ1n) is 7.76. The van der Waals surface area contributed by atoms with E-state index >= 15 is 0 Å². The fourth-order valence-electron chi connectivity index (χ4n) is 2.60. The lowest BCUT2D eigenvalue weighted by Crippen LogP contribution is -2.17. The number of para-hydroxylation sites is 1. The number of benzene rings is 2. The summed E-state index contributed by atoms with van der Waals surface area (Å²) < 4.78 is 2.74. The molecule has 128 valence electrons. The van der Waals surface area contributed by atoms with Crippen molar-refractivity contribution in [2.45, 2.75) is 0 Å². The second-order valence-electron chi connectivity index (χ2n) is 5.57. The predicted molar refractivity (Wildman–Crippen MR) is 106 cm³/mol. The fourth-order valence-corrected chi connectivity index (χ4v) is 3.54. The molecule has 0 radical (unpaired) electrons. The topological polar surface area (TPSA) is 64.0 Å². The quantitative estimate of drug-likeness (QED) is 0.621. The summed E-state index contributed by atoms with van der Waals surface area (Å²) in [5, 5.41) is 6.61. The molecule has 1 aromatic heterocycles. The van der Waals surface area contributed by atoms with Crippen LogP contribution in [0, 0.1) is 0 Å². The zero-order valence-corrected chi connectivity index (χ0v) is 15.8. The molecule has 0 bridgehead atoms. The minimum atomic E-state index is -0.380. The van der Waals surface area contributed by atoms with Crippen molar-refractivity contribution in [3.05, 3.63) is 75.7 Å². The third kappa shape index (κ3) is 3.36. The molecule has 4 rings (SSSR count). The number of nitrogens with one attached hydrogen (secondary N) is 1.